The molecule has 0 aromatic carbocycles. The second-order valence-electron chi connectivity index (χ2n) is 7.06. The van der Waals surface area contributed by atoms with Gasteiger partial charge in [-0.3, -0.25) is 0 Å². The first kappa shape index (κ1) is 14.9. The number of nitrogens with one attached hydrogen (secondary N) is 1. The first-order valence-corrected chi connectivity index (χ1v) is 8.99. The third-order valence-electron chi connectivity index (χ3n) is 5.36. The van der Waals surface area contributed by atoms with E-state index in [1.54, 1.807) is 6.33 Å². The van der Waals surface area contributed by atoms with E-state index in [9.17, 15) is 0 Å². The summed E-state index contributed by atoms with van der Waals surface area (Å²) in [5.74, 6) is 1.93. The molecule has 2 aromatic rings. The minimum atomic E-state index is 0.893. The van der Waals surface area contributed by atoms with Gasteiger partial charge in [-0.25, -0.2) is 0 Å². The van der Waals surface area contributed by atoms with E-state index in [4.69, 9.17) is 5.10 Å². The quantitative estimate of drug-likeness (QED) is 0.937. The molecule has 0 unspecified atom stereocenters. The highest BCUT2D eigenvalue weighted by atomic mass is 15.4. The number of aromatic nitrogens is 4. The van der Waals surface area contributed by atoms with E-state index in [0.717, 1.165) is 43.3 Å². The zero-order chi connectivity index (χ0) is 15.6. The molecule has 1 saturated heterocycles. The Morgan fingerprint density at radius 2 is 1.96 bits per heavy atom. The molecule has 1 aliphatic heterocycles. The van der Waals surface area contributed by atoms with Crippen LogP contribution in [0.3, 0.4) is 0 Å². The fraction of sp³-hybridized carbons (Fsp3) is 0.706. The second kappa shape index (κ2) is 6.43. The number of anilines is 1. The number of fused-ring (bicyclic) bond motifs is 3. The van der Waals surface area contributed by atoms with Crippen molar-refractivity contribution in [1.29, 1.82) is 0 Å². The number of piperidine rings is 1. The van der Waals surface area contributed by atoms with E-state index in [2.05, 4.69) is 27.3 Å². The normalized spacial score (nSPS) is 19.9. The third kappa shape index (κ3) is 3.04. The molecule has 1 N–H and O–H groups in total. The van der Waals surface area contributed by atoms with Gasteiger partial charge in [0.15, 0.2) is 11.5 Å². The van der Waals surface area contributed by atoms with Gasteiger partial charge in [0, 0.05) is 24.2 Å². The summed E-state index contributed by atoms with van der Waals surface area (Å²) in [6, 6.07) is 0. The molecule has 6 nitrogen and oxygen atoms in total. The van der Waals surface area contributed by atoms with E-state index >= 15 is 0 Å². The van der Waals surface area contributed by atoms with Gasteiger partial charge < -0.3 is 10.2 Å². The number of hydrogen-bond acceptors (Lipinski definition) is 5. The molecule has 2 aliphatic rings. The van der Waals surface area contributed by atoms with Gasteiger partial charge in [-0.15, -0.1) is 15.3 Å². The molecule has 4 rings (SSSR count). The Hall–Kier alpha value is -1.69. The molecule has 0 atom stereocenters. The highest BCUT2D eigenvalue weighted by Crippen LogP contribution is 2.28. The van der Waals surface area contributed by atoms with E-state index in [0.29, 0.717) is 0 Å². The molecule has 0 amide bonds. The maximum atomic E-state index is 4.71. The Morgan fingerprint density at radius 3 is 2.78 bits per heavy atom. The summed E-state index contributed by atoms with van der Waals surface area (Å²) in [5.41, 5.74) is 3.65. The van der Waals surface area contributed by atoms with Crippen LogP contribution in [0.2, 0.25) is 0 Å². The lowest BCUT2D eigenvalue weighted by Crippen LogP contribution is -2.36. The van der Waals surface area contributed by atoms with Crippen molar-refractivity contribution in [2.24, 2.45) is 5.92 Å². The Balaban J connectivity index is 1.46. The third-order valence-corrected chi connectivity index (χ3v) is 5.36. The lowest BCUT2D eigenvalue weighted by molar-refractivity contribution is 0.199. The van der Waals surface area contributed by atoms with Crippen LogP contribution in [0, 0.1) is 5.92 Å². The van der Waals surface area contributed by atoms with Crippen molar-refractivity contribution in [2.45, 2.75) is 45.4 Å². The smallest absolute Gasteiger partial charge is 0.181 e. The molecule has 1 aliphatic carbocycles. The van der Waals surface area contributed by atoms with Crippen molar-refractivity contribution in [1.82, 2.24) is 24.7 Å². The zero-order valence-electron chi connectivity index (χ0n) is 14.0. The minimum Gasteiger partial charge on any atom is -0.367 e. The summed E-state index contributed by atoms with van der Waals surface area (Å²) in [5, 5.41) is 16.6. The fourth-order valence-electron chi connectivity index (χ4n) is 3.84. The summed E-state index contributed by atoms with van der Waals surface area (Å²) < 4.78 is 1.83. The van der Waals surface area contributed by atoms with Gasteiger partial charge in [0.05, 0.1) is 0 Å². The topological polar surface area (TPSA) is 58.4 Å². The average Bonchev–Trinajstić information content (AvgIpc) is 3.05. The number of hydrogen-bond donors (Lipinski definition) is 1. The minimum absolute atomic E-state index is 0.893. The highest BCUT2D eigenvalue weighted by Gasteiger charge is 2.20. The van der Waals surface area contributed by atoms with Crippen molar-refractivity contribution in [2.75, 3.05) is 31.5 Å². The Labute approximate surface area is 137 Å². The maximum Gasteiger partial charge on any atom is 0.181 e. The molecule has 2 aromatic heterocycles. The molecule has 1 fully saturated rings. The van der Waals surface area contributed by atoms with Crippen LogP contribution in [-0.2, 0) is 12.8 Å². The maximum absolute atomic E-state index is 4.71. The summed E-state index contributed by atoms with van der Waals surface area (Å²) in [6.45, 7) is 6.89. The lowest BCUT2D eigenvalue weighted by atomic mass is 9.93. The van der Waals surface area contributed by atoms with Crippen molar-refractivity contribution < 1.29 is 0 Å². The Kier molecular flexibility index (Phi) is 4.16. The molecule has 23 heavy (non-hydrogen) atoms. The fourth-order valence-corrected chi connectivity index (χ4v) is 3.84. The SMILES string of the molecule is CC1CCN(CCNc2nn3cnnc3c3c2CCCC3)CC1. The van der Waals surface area contributed by atoms with Gasteiger partial charge in [0.1, 0.15) is 6.33 Å². The molecule has 0 spiro atoms. The molecule has 6 heteroatoms. The monoisotopic (exact) mass is 314 g/mol. The van der Waals surface area contributed by atoms with Crippen LogP contribution in [0.5, 0.6) is 0 Å². The van der Waals surface area contributed by atoms with Crippen molar-refractivity contribution in [3.8, 4) is 0 Å². The largest absolute Gasteiger partial charge is 0.367 e. The highest BCUT2D eigenvalue weighted by molar-refractivity contribution is 5.59. The Bertz CT molecular complexity index is 671. The molecular weight excluding hydrogens is 288 g/mol. The summed E-state index contributed by atoms with van der Waals surface area (Å²) in [6.07, 6.45) is 9.07. The number of aryl methyl sites for hydroxylation is 1. The first-order valence-electron chi connectivity index (χ1n) is 8.99. The van der Waals surface area contributed by atoms with Gasteiger partial charge in [-0.2, -0.15) is 4.52 Å². The van der Waals surface area contributed by atoms with Gasteiger partial charge in [0.25, 0.3) is 0 Å². The first-order chi connectivity index (χ1) is 11.3. The van der Waals surface area contributed by atoms with Gasteiger partial charge in [0.2, 0.25) is 0 Å². The van der Waals surface area contributed by atoms with Crippen molar-refractivity contribution in [3.05, 3.63) is 17.5 Å². The predicted molar refractivity (Wildman–Crippen MR) is 90.8 cm³/mol. The molecule has 0 radical (unpaired) electrons. The number of rotatable bonds is 4. The standard InChI is InChI=1S/C17H26N6/c1-13-6-9-22(10-7-13)11-8-18-16-14-4-2-3-5-15(14)17-20-19-12-23(17)21-16/h12-13H,2-11H2,1H3,(H,18,21). The Morgan fingerprint density at radius 1 is 1.17 bits per heavy atom. The molecule has 124 valence electrons. The van der Waals surface area contributed by atoms with Gasteiger partial charge in [-0.05, 0) is 57.5 Å². The molecule has 0 saturated carbocycles. The lowest BCUT2D eigenvalue weighted by Gasteiger charge is -2.30. The van der Waals surface area contributed by atoms with Crippen LogP contribution >= 0.6 is 0 Å². The van der Waals surface area contributed by atoms with Crippen LogP contribution in [0.15, 0.2) is 6.33 Å². The van der Waals surface area contributed by atoms with Crippen molar-refractivity contribution >= 4 is 11.5 Å². The van der Waals surface area contributed by atoms with Crippen molar-refractivity contribution in [3.63, 3.8) is 0 Å². The van der Waals surface area contributed by atoms with Crippen LogP contribution < -0.4 is 5.32 Å². The molecule has 3 heterocycles. The van der Waals surface area contributed by atoms with Gasteiger partial charge >= 0.3 is 0 Å². The molecular formula is C17H26N6. The van der Waals surface area contributed by atoms with Crippen LogP contribution in [0.4, 0.5) is 5.82 Å². The summed E-state index contributed by atoms with van der Waals surface area (Å²) in [7, 11) is 0. The average molecular weight is 314 g/mol. The number of nitrogens with zero attached hydrogens (tertiary/aromatic N) is 5. The van der Waals surface area contributed by atoms with Gasteiger partial charge in [-0.1, -0.05) is 6.92 Å². The predicted octanol–water partition coefficient (Wildman–Crippen LogP) is 2.15. The van der Waals surface area contributed by atoms with E-state index in [1.165, 1.54) is 49.9 Å². The van der Waals surface area contributed by atoms with E-state index in [1.807, 2.05) is 4.52 Å². The summed E-state index contributed by atoms with van der Waals surface area (Å²) >= 11 is 0. The summed E-state index contributed by atoms with van der Waals surface area (Å²) in [4.78, 5) is 2.57. The zero-order valence-corrected chi connectivity index (χ0v) is 14.0. The van der Waals surface area contributed by atoms with Crippen LogP contribution in [0.25, 0.3) is 5.65 Å². The number of likely N-dealkylation sites (tertiary alicyclic amines) is 1. The van der Waals surface area contributed by atoms with E-state index in [-0.39, 0.29) is 0 Å². The van der Waals surface area contributed by atoms with Crippen LogP contribution in [0.1, 0.15) is 43.7 Å². The second-order valence-corrected chi connectivity index (χ2v) is 7.06. The van der Waals surface area contributed by atoms with Crippen LogP contribution in [-0.4, -0.2) is 50.9 Å². The van der Waals surface area contributed by atoms with E-state index < -0.39 is 0 Å². The molecule has 0 bridgehead atoms.